The molecule has 0 radical (unpaired) electrons. The highest BCUT2D eigenvalue weighted by atomic mass is 32.2. The van der Waals surface area contributed by atoms with Crippen molar-refractivity contribution in [2.24, 2.45) is 0 Å². The summed E-state index contributed by atoms with van der Waals surface area (Å²) in [5.74, 6) is 0. The molecule has 0 amide bonds. The molecule has 2 rings (SSSR count). The van der Waals surface area contributed by atoms with E-state index < -0.39 is 0 Å². The second kappa shape index (κ2) is 6.82. The van der Waals surface area contributed by atoms with Gasteiger partial charge in [-0.05, 0) is 45.3 Å². The summed E-state index contributed by atoms with van der Waals surface area (Å²) < 4.78 is 0. The molecule has 1 aliphatic carbocycles. The quantitative estimate of drug-likeness (QED) is 0.850. The Kier molecular flexibility index (Phi) is 5.62. The van der Waals surface area contributed by atoms with Gasteiger partial charge in [0, 0.05) is 36.0 Å². The molecule has 3 heteroatoms. The van der Waals surface area contributed by atoms with Gasteiger partial charge in [0.25, 0.3) is 0 Å². The highest BCUT2D eigenvalue weighted by Gasteiger charge is 2.39. The highest BCUT2D eigenvalue weighted by Crippen LogP contribution is 2.33. The molecule has 1 heterocycles. The lowest BCUT2D eigenvalue weighted by atomic mass is 9.85. The van der Waals surface area contributed by atoms with Crippen LogP contribution in [0.25, 0.3) is 0 Å². The van der Waals surface area contributed by atoms with Crippen molar-refractivity contribution in [3.8, 4) is 0 Å². The predicted octanol–water partition coefficient (Wildman–Crippen LogP) is 3.51. The lowest BCUT2D eigenvalue weighted by molar-refractivity contribution is 0.0312. The first-order chi connectivity index (χ1) is 9.14. The average molecular weight is 285 g/mol. The summed E-state index contributed by atoms with van der Waals surface area (Å²) in [5.41, 5.74) is 0.374. The molecule has 2 aliphatic rings. The van der Waals surface area contributed by atoms with E-state index >= 15 is 0 Å². The number of hydrogen-bond donors (Lipinski definition) is 1. The standard InChI is InChI=1S/C16H32N2S/c1-5-16(6-2)12-18(13(3)11-17-16)14-8-7-9-15(10-14)19-4/h13-15,17H,5-12H2,1-4H3. The molecule has 2 fully saturated rings. The lowest BCUT2D eigenvalue weighted by Crippen LogP contribution is -2.65. The van der Waals surface area contributed by atoms with E-state index in [0.717, 1.165) is 11.3 Å². The smallest absolute Gasteiger partial charge is 0.0304 e. The van der Waals surface area contributed by atoms with Gasteiger partial charge in [0.15, 0.2) is 0 Å². The number of nitrogens with zero attached hydrogens (tertiary/aromatic N) is 1. The third-order valence-electron chi connectivity index (χ3n) is 5.58. The largest absolute Gasteiger partial charge is 0.308 e. The minimum atomic E-state index is 0.374. The zero-order valence-electron chi connectivity index (χ0n) is 13.2. The Hall–Kier alpha value is 0.270. The van der Waals surface area contributed by atoms with Crippen molar-refractivity contribution in [1.82, 2.24) is 10.2 Å². The third-order valence-corrected chi connectivity index (χ3v) is 6.67. The second-order valence-electron chi connectivity index (χ2n) is 6.57. The second-order valence-corrected chi connectivity index (χ2v) is 7.71. The van der Waals surface area contributed by atoms with E-state index in [0.29, 0.717) is 11.6 Å². The van der Waals surface area contributed by atoms with Crippen molar-refractivity contribution in [3.05, 3.63) is 0 Å². The van der Waals surface area contributed by atoms with Crippen LogP contribution in [0.4, 0.5) is 0 Å². The van der Waals surface area contributed by atoms with E-state index in [9.17, 15) is 0 Å². The van der Waals surface area contributed by atoms with Crippen molar-refractivity contribution in [2.75, 3.05) is 19.3 Å². The maximum Gasteiger partial charge on any atom is 0.0304 e. The van der Waals surface area contributed by atoms with Crippen LogP contribution in [0.3, 0.4) is 0 Å². The number of hydrogen-bond acceptors (Lipinski definition) is 3. The summed E-state index contributed by atoms with van der Waals surface area (Å²) in [7, 11) is 0. The lowest BCUT2D eigenvalue weighted by Gasteiger charge is -2.51. The van der Waals surface area contributed by atoms with E-state index in [1.54, 1.807) is 0 Å². The zero-order valence-corrected chi connectivity index (χ0v) is 14.1. The third kappa shape index (κ3) is 3.48. The topological polar surface area (TPSA) is 15.3 Å². The fourth-order valence-corrected chi connectivity index (χ4v) is 4.71. The van der Waals surface area contributed by atoms with E-state index in [1.807, 2.05) is 0 Å². The zero-order chi connectivity index (χ0) is 13.9. The van der Waals surface area contributed by atoms with Crippen molar-refractivity contribution in [1.29, 1.82) is 0 Å². The van der Waals surface area contributed by atoms with Gasteiger partial charge in [-0.3, -0.25) is 4.90 Å². The molecule has 2 nitrogen and oxygen atoms in total. The van der Waals surface area contributed by atoms with Crippen LogP contribution < -0.4 is 5.32 Å². The van der Waals surface area contributed by atoms with E-state index in [4.69, 9.17) is 0 Å². The van der Waals surface area contributed by atoms with Gasteiger partial charge < -0.3 is 5.32 Å². The summed E-state index contributed by atoms with van der Waals surface area (Å²) in [5, 5.41) is 4.73. The molecule has 1 saturated heterocycles. The molecular weight excluding hydrogens is 252 g/mol. The fraction of sp³-hybridized carbons (Fsp3) is 1.00. The predicted molar refractivity (Wildman–Crippen MR) is 87.0 cm³/mol. The molecular formula is C16H32N2S. The Morgan fingerprint density at radius 2 is 2.00 bits per heavy atom. The van der Waals surface area contributed by atoms with Crippen LogP contribution in [0.15, 0.2) is 0 Å². The first-order valence-corrected chi connectivity index (χ1v) is 9.46. The van der Waals surface area contributed by atoms with Crippen molar-refractivity contribution >= 4 is 11.8 Å². The normalized spacial score (nSPS) is 36.3. The van der Waals surface area contributed by atoms with Crippen LogP contribution >= 0.6 is 11.8 Å². The van der Waals surface area contributed by atoms with Crippen molar-refractivity contribution in [3.63, 3.8) is 0 Å². The van der Waals surface area contributed by atoms with Gasteiger partial charge >= 0.3 is 0 Å². The Bertz CT molecular complexity index is 278. The van der Waals surface area contributed by atoms with Gasteiger partial charge in [-0.15, -0.1) is 0 Å². The van der Waals surface area contributed by atoms with Gasteiger partial charge in [0.05, 0.1) is 0 Å². The number of nitrogens with one attached hydrogen (secondary N) is 1. The summed E-state index contributed by atoms with van der Waals surface area (Å²) in [4.78, 5) is 2.84. The number of piperazine rings is 1. The van der Waals surface area contributed by atoms with Crippen molar-refractivity contribution < 1.29 is 0 Å². The van der Waals surface area contributed by atoms with E-state index in [-0.39, 0.29) is 0 Å². The molecule has 112 valence electrons. The molecule has 0 aromatic rings. The Morgan fingerprint density at radius 1 is 1.26 bits per heavy atom. The van der Waals surface area contributed by atoms with Crippen LogP contribution in [0.1, 0.15) is 59.3 Å². The van der Waals surface area contributed by atoms with Gasteiger partial charge in [-0.2, -0.15) is 11.8 Å². The number of thioether (sulfide) groups is 1. The molecule has 0 bridgehead atoms. The van der Waals surface area contributed by atoms with Gasteiger partial charge in [-0.1, -0.05) is 20.3 Å². The number of rotatable bonds is 4. The van der Waals surface area contributed by atoms with Gasteiger partial charge in [0.1, 0.15) is 0 Å². The van der Waals surface area contributed by atoms with Crippen LogP contribution in [0.5, 0.6) is 0 Å². The van der Waals surface area contributed by atoms with Gasteiger partial charge in [-0.25, -0.2) is 0 Å². The first-order valence-electron chi connectivity index (χ1n) is 8.17. The van der Waals surface area contributed by atoms with E-state index in [1.165, 1.54) is 51.6 Å². The molecule has 3 atom stereocenters. The summed E-state index contributed by atoms with van der Waals surface area (Å²) in [6, 6.07) is 1.54. The Morgan fingerprint density at radius 3 is 2.63 bits per heavy atom. The van der Waals surface area contributed by atoms with Gasteiger partial charge in [0.2, 0.25) is 0 Å². The molecule has 1 aliphatic heterocycles. The van der Waals surface area contributed by atoms with Crippen LogP contribution in [-0.4, -0.2) is 47.1 Å². The van der Waals surface area contributed by atoms with Crippen LogP contribution in [0, 0.1) is 0 Å². The Balaban J connectivity index is 2.04. The highest BCUT2D eigenvalue weighted by molar-refractivity contribution is 7.99. The molecule has 0 spiro atoms. The molecule has 3 unspecified atom stereocenters. The molecule has 1 N–H and O–H groups in total. The van der Waals surface area contributed by atoms with Crippen molar-refractivity contribution in [2.45, 2.75) is 82.2 Å². The first kappa shape index (κ1) is 15.7. The minimum absolute atomic E-state index is 0.374. The van der Waals surface area contributed by atoms with Crippen LogP contribution in [0.2, 0.25) is 0 Å². The fourth-order valence-electron chi connectivity index (χ4n) is 3.89. The maximum atomic E-state index is 3.83. The summed E-state index contributed by atoms with van der Waals surface area (Å²) in [6.07, 6.45) is 10.5. The molecule has 0 aromatic carbocycles. The van der Waals surface area contributed by atoms with E-state index in [2.05, 4.69) is 49.0 Å². The minimum Gasteiger partial charge on any atom is -0.308 e. The monoisotopic (exact) mass is 284 g/mol. The summed E-state index contributed by atoms with van der Waals surface area (Å²) in [6.45, 7) is 9.52. The average Bonchev–Trinajstić information content (AvgIpc) is 2.48. The molecule has 19 heavy (non-hydrogen) atoms. The maximum absolute atomic E-state index is 3.83. The summed E-state index contributed by atoms with van der Waals surface area (Å²) >= 11 is 2.08. The van der Waals surface area contributed by atoms with Crippen LogP contribution in [-0.2, 0) is 0 Å². The molecule has 1 saturated carbocycles. The SMILES string of the molecule is CCC1(CC)CN(C2CCCC(SC)C2)C(C)CN1. The Labute approximate surface area is 124 Å². The molecule has 0 aromatic heterocycles.